The predicted molar refractivity (Wildman–Crippen MR) is 86.4 cm³/mol. The molecule has 0 bridgehead atoms. The maximum Gasteiger partial charge on any atom is 0.239 e. The Bertz CT molecular complexity index is 462. The van der Waals surface area contributed by atoms with Crippen molar-refractivity contribution in [1.82, 2.24) is 4.90 Å². The van der Waals surface area contributed by atoms with Crippen LogP contribution >= 0.6 is 0 Å². The van der Waals surface area contributed by atoms with Gasteiger partial charge in [-0.25, -0.2) is 0 Å². The zero-order valence-corrected chi connectivity index (χ0v) is 13.8. The molecule has 4 heteroatoms. The Hall–Kier alpha value is -1.55. The van der Waals surface area contributed by atoms with Gasteiger partial charge in [-0.15, -0.1) is 0 Å². The van der Waals surface area contributed by atoms with Gasteiger partial charge < -0.3 is 15.4 Å². The number of hydrogen-bond acceptors (Lipinski definition) is 3. The highest BCUT2D eigenvalue weighted by atomic mass is 16.5. The van der Waals surface area contributed by atoms with Gasteiger partial charge in [-0.05, 0) is 30.9 Å². The molecule has 0 aliphatic rings. The van der Waals surface area contributed by atoms with E-state index in [1.54, 1.807) is 12.0 Å². The Morgan fingerprint density at radius 2 is 1.95 bits per heavy atom. The molecule has 4 nitrogen and oxygen atoms in total. The van der Waals surface area contributed by atoms with Crippen molar-refractivity contribution in [2.75, 3.05) is 14.2 Å². The fraction of sp³-hybridized carbons (Fsp3) is 0.588. The SMILES string of the molecule is CC[C@H](C)[C@H](N)C(=O)N(C)C(C)Cc1ccccc1OC. The van der Waals surface area contributed by atoms with Crippen molar-refractivity contribution in [3.63, 3.8) is 0 Å². The summed E-state index contributed by atoms with van der Waals surface area (Å²) in [7, 11) is 3.49. The van der Waals surface area contributed by atoms with E-state index in [4.69, 9.17) is 10.5 Å². The van der Waals surface area contributed by atoms with E-state index >= 15 is 0 Å². The van der Waals surface area contributed by atoms with Gasteiger partial charge in [-0.1, -0.05) is 38.5 Å². The first-order valence-electron chi connectivity index (χ1n) is 7.56. The fourth-order valence-corrected chi connectivity index (χ4v) is 2.28. The number of nitrogens with two attached hydrogens (primary N) is 1. The summed E-state index contributed by atoms with van der Waals surface area (Å²) in [5.41, 5.74) is 7.14. The van der Waals surface area contributed by atoms with Crippen LogP contribution in [0.15, 0.2) is 24.3 Å². The van der Waals surface area contributed by atoms with Crippen LogP contribution in [0.5, 0.6) is 5.75 Å². The van der Waals surface area contributed by atoms with Crippen LogP contribution in [0.1, 0.15) is 32.8 Å². The Balaban J connectivity index is 2.74. The van der Waals surface area contributed by atoms with Gasteiger partial charge in [0.15, 0.2) is 0 Å². The lowest BCUT2D eigenvalue weighted by Crippen LogP contribution is -2.49. The molecule has 0 saturated carbocycles. The number of benzene rings is 1. The molecule has 0 radical (unpaired) electrons. The summed E-state index contributed by atoms with van der Waals surface area (Å²) in [6, 6.07) is 7.54. The molecule has 3 atom stereocenters. The molecule has 21 heavy (non-hydrogen) atoms. The summed E-state index contributed by atoms with van der Waals surface area (Å²) in [5.74, 6) is 1.06. The molecule has 2 N–H and O–H groups in total. The number of methoxy groups -OCH3 is 1. The molecule has 1 rings (SSSR count). The molecular weight excluding hydrogens is 264 g/mol. The number of nitrogens with zero attached hydrogens (tertiary/aromatic N) is 1. The van der Waals surface area contributed by atoms with Crippen molar-refractivity contribution in [2.24, 2.45) is 11.7 Å². The van der Waals surface area contributed by atoms with Gasteiger partial charge in [0, 0.05) is 13.1 Å². The standard InChI is InChI=1S/C17H28N2O2/c1-6-12(2)16(18)17(20)19(4)13(3)11-14-9-7-8-10-15(14)21-5/h7-10,12-13,16H,6,11,18H2,1-5H3/t12-,13?,16-/m0/s1. The van der Waals surface area contributed by atoms with Crippen LogP contribution in [-0.4, -0.2) is 37.0 Å². The van der Waals surface area contributed by atoms with E-state index in [0.29, 0.717) is 0 Å². The highest BCUT2D eigenvalue weighted by Crippen LogP contribution is 2.20. The predicted octanol–water partition coefficient (Wildman–Crippen LogP) is 2.46. The quantitative estimate of drug-likeness (QED) is 0.840. The summed E-state index contributed by atoms with van der Waals surface area (Å²) >= 11 is 0. The van der Waals surface area contributed by atoms with Crippen molar-refractivity contribution >= 4 is 5.91 Å². The van der Waals surface area contributed by atoms with E-state index in [9.17, 15) is 4.79 Å². The lowest BCUT2D eigenvalue weighted by molar-refractivity contribution is -0.134. The second-order valence-electron chi connectivity index (χ2n) is 5.73. The smallest absolute Gasteiger partial charge is 0.239 e. The van der Waals surface area contributed by atoms with E-state index < -0.39 is 6.04 Å². The summed E-state index contributed by atoms with van der Waals surface area (Å²) in [6.45, 7) is 6.10. The Labute approximate surface area is 128 Å². The third-order valence-electron chi connectivity index (χ3n) is 4.26. The number of ether oxygens (including phenoxy) is 1. The van der Waals surface area contributed by atoms with Crippen molar-refractivity contribution < 1.29 is 9.53 Å². The second-order valence-corrected chi connectivity index (χ2v) is 5.73. The average molecular weight is 292 g/mol. The van der Waals surface area contributed by atoms with Gasteiger partial charge in [0.2, 0.25) is 5.91 Å². The number of para-hydroxylation sites is 1. The normalized spacial score (nSPS) is 15.1. The van der Waals surface area contributed by atoms with E-state index in [2.05, 4.69) is 6.92 Å². The fourth-order valence-electron chi connectivity index (χ4n) is 2.28. The van der Waals surface area contributed by atoms with E-state index in [1.807, 2.05) is 45.2 Å². The largest absolute Gasteiger partial charge is 0.496 e. The number of carbonyl (C=O) groups excluding carboxylic acids is 1. The van der Waals surface area contributed by atoms with Crippen molar-refractivity contribution in [2.45, 2.75) is 45.7 Å². The van der Waals surface area contributed by atoms with Crippen LogP contribution in [-0.2, 0) is 11.2 Å². The van der Waals surface area contributed by atoms with Gasteiger partial charge in [-0.3, -0.25) is 4.79 Å². The zero-order valence-electron chi connectivity index (χ0n) is 13.8. The Morgan fingerprint density at radius 1 is 1.33 bits per heavy atom. The number of likely N-dealkylation sites (N-methyl/N-ethyl adjacent to an activating group) is 1. The molecule has 0 spiro atoms. The molecule has 0 fully saturated rings. The van der Waals surface area contributed by atoms with Crippen LogP contribution in [0.2, 0.25) is 0 Å². The van der Waals surface area contributed by atoms with Crippen LogP contribution in [0.4, 0.5) is 0 Å². The van der Waals surface area contributed by atoms with Gasteiger partial charge >= 0.3 is 0 Å². The van der Waals surface area contributed by atoms with Crippen LogP contribution in [0.3, 0.4) is 0 Å². The van der Waals surface area contributed by atoms with E-state index in [1.165, 1.54) is 0 Å². The van der Waals surface area contributed by atoms with Gasteiger partial charge in [0.05, 0.1) is 13.2 Å². The molecular formula is C17H28N2O2. The minimum absolute atomic E-state index is 0.00625. The van der Waals surface area contributed by atoms with Crippen LogP contribution in [0.25, 0.3) is 0 Å². The highest BCUT2D eigenvalue weighted by Gasteiger charge is 2.25. The molecule has 118 valence electrons. The number of hydrogen-bond donors (Lipinski definition) is 1. The molecule has 1 unspecified atom stereocenters. The molecule has 1 amide bonds. The van der Waals surface area contributed by atoms with Crippen molar-refractivity contribution in [3.05, 3.63) is 29.8 Å². The molecule has 0 aromatic heterocycles. The molecule has 1 aromatic carbocycles. The first-order valence-corrected chi connectivity index (χ1v) is 7.56. The van der Waals surface area contributed by atoms with Gasteiger partial charge in [-0.2, -0.15) is 0 Å². The van der Waals surface area contributed by atoms with E-state index in [0.717, 1.165) is 24.2 Å². The number of amides is 1. The first-order chi connectivity index (χ1) is 9.92. The maximum absolute atomic E-state index is 12.4. The van der Waals surface area contributed by atoms with Crippen molar-refractivity contribution in [1.29, 1.82) is 0 Å². The minimum Gasteiger partial charge on any atom is -0.496 e. The molecule has 0 aliphatic heterocycles. The zero-order chi connectivity index (χ0) is 16.0. The monoisotopic (exact) mass is 292 g/mol. The molecule has 0 aliphatic carbocycles. The van der Waals surface area contributed by atoms with Crippen LogP contribution < -0.4 is 10.5 Å². The third kappa shape index (κ3) is 4.46. The third-order valence-corrected chi connectivity index (χ3v) is 4.26. The summed E-state index contributed by atoms with van der Waals surface area (Å²) < 4.78 is 5.36. The van der Waals surface area contributed by atoms with Gasteiger partial charge in [0.25, 0.3) is 0 Å². The highest BCUT2D eigenvalue weighted by molar-refractivity contribution is 5.82. The van der Waals surface area contributed by atoms with Gasteiger partial charge in [0.1, 0.15) is 5.75 Å². The topological polar surface area (TPSA) is 55.6 Å². The molecule has 0 heterocycles. The lowest BCUT2D eigenvalue weighted by Gasteiger charge is -2.30. The molecule has 1 aromatic rings. The second kappa shape index (κ2) is 8.03. The first kappa shape index (κ1) is 17.5. The number of rotatable bonds is 7. The summed E-state index contributed by atoms with van der Waals surface area (Å²) in [4.78, 5) is 14.2. The number of carbonyl (C=O) groups is 1. The maximum atomic E-state index is 12.4. The minimum atomic E-state index is -0.430. The van der Waals surface area contributed by atoms with E-state index in [-0.39, 0.29) is 17.9 Å². The van der Waals surface area contributed by atoms with Crippen molar-refractivity contribution in [3.8, 4) is 5.75 Å². The molecule has 0 saturated heterocycles. The summed E-state index contributed by atoms with van der Waals surface area (Å²) in [5, 5.41) is 0. The Morgan fingerprint density at radius 3 is 2.52 bits per heavy atom. The summed E-state index contributed by atoms with van der Waals surface area (Å²) in [6.07, 6.45) is 1.65. The lowest BCUT2D eigenvalue weighted by atomic mass is 9.97. The van der Waals surface area contributed by atoms with Crippen LogP contribution in [0, 0.1) is 5.92 Å². The Kier molecular flexibility index (Phi) is 6.69. The average Bonchev–Trinajstić information content (AvgIpc) is 2.52.